The molecule has 1 aliphatic rings. The lowest BCUT2D eigenvalue weighted by Crippen LogP contribution is -2.24. The summed E-state index contributed by atoms with van der Waals surface area (Å²) < 4.78 is 6.92. The van der Waals surface area contributed by atoms with E-state index in [1.807, 2.05) is 0 Å². The van der Waals surface area contributed by atoms with Crippen LogP contribution in [0.2, 0.25) is 5.02 Å². The molecule has 0 aromatic carbocycles. The number of ether oxygens (including phenoxy) is 1. The van der Waals surface area contributed by atoms with Crippen molar-refractivity contribution < 1.29 is 9.66 Å². The molecule has 0 N–H and O–H groups in total. The molecule has 0 amide bonds. The van der Waals surface area contributed by atoms with Gasteiger partial charge in [0.15, 0.2) is 5.02 Å². The quantitative estimate of drug-likeness (QED) is 0.618. The third kappa shape index (κ3) is 2.58. The first-order chi connectivity index (χ1) is 8.11. The van der Waals surface area contributed by atoms with Crippen molar-refractivity contribution in [3.63, 3.8) is 0 Å². The van der Waals surface area contributed by atoms with Crippen LogP contribution >= 0.6 is 11.6 Å². The SMILES string of the molecule is COC1CCCC(n2cc(Cl)c([N+](=O)[O-])n2)C1. The van der Waals surface area contributed by atoms with Gasteiger partial charge in [0.05, 0.1) is 23.4 Å². The summed E-state index contributed by atoms with van der Waals surface area (Å²) in [4.78, 5) is 10.1. The Bertz CT molecular complexity index is 421. The molecule has 2 atom stereocenters. The van der Waals surface area contributed by atoms with Crippen LogP contribution in [0.4, 0.5) is 5.82 Å². The average Bonchev–Trinajstić information content (AvgIpc) is 2.71. The summed E-state index contributed by atoms with van der Waals surface area (Å²) in [5.74, 6) is -0.272. The molecule has 0 bridgehead atoms. The number of hydrogen-bond donors (Lipinski definition) is 0. The Morgan fingerprint density at radius 2 is 2.41 bits per heavy atom. The lowest BCUT2D eigenvalue weighted by atomic mass is 9.93. The van der Waals surface area contributed by atoms with E-state index in [4.69, 9.17) is 16.3 Å². The second-order valence-corrected chi connectivity index (χ2v) is 4.62. The highest BCUT2D eigenvalue weighted by Gasteiger charge is 2.28. The molecule has 94 valence electrons. The van der Waals surface area contributed by atoms with Crippen molar-refractivity contribution in [1.29, 1.82) is 0 Å². The van der Waals surface area contributed by atoms with Crippen LogP contribution in [0.15, 0.2) is 6.20 Å². The van der Waals surface area contributed by atoms with E-state index < -0.39 is 4.92 Å². The minimum absolute atomic E-state index is 0.0922. The second-order valence-electron chi connectivity index (χ2n) is 4.22. The summed E-state index contributed by atoms with van der Waals surface area (Å²) in [5.41, 5.74) is 0. The molecule has 0 saturated heterocycles. The molecular weight excluding hydrogens is 246 g/mol. The van der Waals surface area contributed by atoms with Gasteiger partial charge in [-0.05, 0) is 30.6 Å². The van der Waals surface area contributed by atoms with E-state index in [0.717, 1.165) is 25.7 Å². The Morgan fingerprint density at radius 1 is 1.65 bits per heavy atom. The number of nitro groups is 1. The highest BCUT2D eigenvalue weighted by molar-refractivity contribution is 6.32. The number of halogens is 1. The van der Waals surface area contributed by atoms with E-state index in [-0.39, 0.29) is 23.0 Å². The maximum Gasteiger partial charge on any atom is 0.408 e. The minimum atomic E-state index is -0.560. The molecule has 17 heavy (non-hydrogen) atoms. The Morgan fingerprint density at radius 3 is 3.00 bits per heavy atom. The Hall–Kier alpha value is -1.14. The van der Waals surface area contributed by atoms with Gasteiger partial charge in [0.25, 0.3) is 0 Å². The lowest BCUT2D eigenvalue weighted by Gasteiger charge is -2.26. The molecule has 2 rings (SSSR count). The molecule has 0 radical (unpaired) electrons. The predicted octanol–water partition coefficient (Wildman–Crippen LogP) is 2.57. The van der Waals surface area contributed by atoms with Crippen LogP contribution in [-0.4, -0.2) is 27.9 Å². The fourth-order valence-corrected chi connectivity index (χ4v) is 2.45. The molecule has 1 saturated carbocycles. The summed E-state index contributed by atoms with van der Waals surface area (Å²) in [5, 5.41) is 14.7. The number of nitrogens with zero attached hydrogens (tertiary/aromatic N) is 3. The monoisotopic (exact) mass is 259 g/mol. The molecule has 1 fully saturated rings. The van der Waals surface area contributed by atoms with Crippen molar-refractivity contribution in [2.45, 2.75) is 37.8 Å². The van der Waals surface area contributed by atoms with E-state index in [2.05, 4.69) is 5.10 Å². The van der Waals surface area contributed by atoms with Crippen molar-refractivity contribution in [2.75, 3.05) is 7.11 Å². The van der Waals surface area contributed by atoms with E-state index in [9.17, 15) is 10.1 Å². The van der Waals surface area contributed by atoms with Crippen LogP contribution in [0.3, 0.4) is 0 Å². The highest BCUT2D eigenvalue weighted by Crippen LogP contribution is 2.32. The van der Waals surface area contributed by atoms with E-state index in [0.29, 0.717) is 0 Å². The van der Waals surface area contributed by atoms with Gasteiger partial charge in [0.1, 0.15) is 0 Å². The lowest BCUT2D eigenvalue weighted by molar-refractivity contribution is -0.389. The average molecular weight is 260 g/mol. The third-order valence-electron chi connectivity index (χ3n) is 3.15. The first kappa shape index (κ1) is 12.3. The van der Waals surface area contributed by atoms with Gasteiger partial charge >= 0.3 is 5.82 Å². The first-order valence-electron chi connectivity index (χ1n) is 5.53. The van der Waals surface area contributed by atoms with Gasteiger partial charge in [0, 0.05) is 7.11 Å². The van der Waals surface area contributed by atoms with Crippen molar-refractivity contribution in [1.82, 2.24) is 9.78 Å². The fraction of sp³-hybridized carbons (Fsp3) is 0.700. The summed E-state index contributed by atoms with van der Waals surface area (Å²) in [6.45, 7) is 0. The predicted molar refractivity (Wildman–Crippen MR) is 62.2 cm³/mol. The van der Waals surface area contributed by atoms with Gasteiger partial charge in [-0.3, -0.25) is 0 Å². The van der Waals surface area contributed by atoms with Crippen LogP contribution in [0, 0.1) is 10.1 Å². The topological polar surface area (TPSA) is 70.2 Å². The summed E-state index contributed by atoms with van der Waals surface area (Å²) in [6.07, 6.45) is 5.58. The van der Waals surface area contributed by atoms with Crippen molar-refractivity contribution in [3.8, 4) is 0 Å². The molecule has 0 spiro atoms. The van der Waals surface area contributed by atoms with Crippen LogP contribution < -0.4 is 0 Å². The number of rotatable bonds is 3. The summed E-state index contributed by atoms with van der Waals surface area (Å²) in [6, 6.07) is 0.139. The molecule has 2 unspecified atom stereocenters. The minimum Gasteiger partial charge on any atom is -0.381 e. The van der Waals surface area contributed by atoms with Gasteiger partial charge in [0.2, 0.25) is 0 Å². The van der Waals surface area contributed by atoms with Crippen molar-refractivity contribution >= 4 is 17.4 Å². The Kier molecular flexibility index (Phi) is 3.63. The second kappa shape index (κ2) is 5.01. The molecule has 1 heterocycles. The molecule has 0 aliphatic heterocycles. The molecule has 1 aromatic rings. The zero-order valence-electron chi connectivity index (χ0n) is 9.50. The van der Waals surface area contributed by atoms with Crippen LogP contribution in [0.25, 0.3) is 0 Å². The molecule has 6 nitrogen and oxygen atoms in total. The van der Waals surface area contributed by atoms with Crippen LogP contribution in [0.5, 0.6) is 0 Å². The van der Waals surface area contributed by atoms with E-state index >= 15 is 0 Å². The zero-order chi connectivity index (χ0) is 12.4. The molecular formula is C10H14ClN3O3. The van der Waals surface area contributed by atoms with Crippen LogP contribution in [-0.2, 0) is 4.74 Å². The smallest absolute Gasteiger partial charge is 0.381 e. The fourth-order valence-electron chi connectivity index (χ4n) is 2.25. The van der Waals surface area contributed by atoms with E-state index in [1.165, 1.54) is 6.20 Å². The van der Waals surface area contributed by atoms with Crippen LogP contribution in [0.1, 0.15) is 31.7 Å². The summed E-state index contributed by atoms with van der Waals surface area (Å²) in [7, 11) is 1.69. The maximum absolute atomic E-state index is 10.7. The normalized spacial score (nSPS) is 24.8. The van der Waals surface area contributed by atoms with Gasteiger partial charge in [-0.25, -0.2) is 0 Å². The zero-order valence-corrected chi connectivity index (χ0v) is 10.3. The molecule has 1 aromatic heterocycles. The van der Waals surface area contributed by atoms with Gasteiger partial charge in [-0.1, -0.05) is 11.6 Å². The van der Waals surface area contributed by atoms with Gasteiger partial charge in [-0.2, -0.15) is 4.68 Å². The van der Waals surface area contributed by atoms with E-state index in [1.54, 1.807) is 11.8 Å². The maximum atomic E-state index is 10.7. The van der Waals surface area contributed by atoms with Gasteiger partial charge < -0.3 is 14.9 Å². The Labute approximate surface area is 104 Å². The van der Waals surface area contributed by atoms with Crippen molar-refractivity contribution in [2.24, 2.45) is 0 Å². The Balaban J connectivity index is 2.16. The first-order valence-corrected chi connectivity index (χ1v) is 5.91. The standard InChI is InChI=1S/C10H14ClN3O3/c1-17-8-4-2-3-7(5-8)13-6-9(11)10(12-13)14(15)16/h6-8H,2-5H2,1H3. The highest BCUT2D eigenvalue weighted by atomic mass is 35.5. The van der Waals surface area contributed by atoms with Crippen molar-refractivity contribution in [3.05, 3.63) is 21.3 Å². The molecule has 7 heteroatoms. The largest absolute Gasteiger partial charge is 0.408 e. The third-order valence-corrected chi connectivity index (χ3v) is 3.41. The number of hydrogen-bond acceptors (Lipinski definition) is 4. The number of methoxy groups -OCH3 is 1. The summed E-state index contributed by atoms with van der Waals surface area (Å²) >= 11 is 5.77. The number of aromatic nitrogens is 2. The molecule has 1 aliphatic carbocycles. The van der Waals surface area contributed by atoms with Gasteiger partial charge in [-0.15, -0.1) is 0 Å².